The minimum atomic E-state index is -3.06. The Hall–Kier alpha value is -1.08. The summed E-state index contributed by atoms with van der Waals surface area (Å²) in [5, 5.41) is 3.93. The van der Waals surface area contributed by atoms with E-state index in [1.165, 1.54) is 4.31 Å². The molecule has 0 aromatic carbocycles. The summed E-state index contributed by atoms with van der Waals surface area (Å²) in [6.07, 6.45) is 0. The van der Waals surface area contributed by atoms with Gasteiger partial charge in [0.1, 0.15) is 5.76 Å². The van der Waals surface area contributed by atoms with Gasteiger partial charge in [-0.2, -0.15) is 4.31 Å². The fraction of sp³-hybridized carbons (Fsp3) is 0.700. The molecular weight excluding hydrogens is 242 g/mol. The largest absolute Gasteiger partial charge is 0.360 e. The van der Waals surface area contributed by atoms with Crippen LogP contribution in [0.2, 0.25) is 0 Å². The van der Waals surface area contributed by atoms with E-state index < -0.39 is 10.0 Å². The first kappa shape index (κ1) is 12.4. The van der Waals surface area contributed by atoms with Crippen molar-refractivity contribution in [1.29, 1.82) is 0 Å². The number of rotatable bonds is 3. The molecule has 1 fully saturated rings. The minimum Gasteiger partial charge on any atom is -0.360 e. The van der Waals surface area contributed by atoms with Gasteiger partial charge >= 0.3 is 0 Å². The van der Waals surface area contributed by atoms with Crippen molar-refractivity contribution >= 4 is 15.8 Å². The molecule has 1 aromatic rings. The summed E-state index contributed by atoms with van der Waals surface area (Å²) in [4.78, 5) is 2.04. The highest BCUT2D eigenvalue weighted by atomic mass is 32.2. The Labute approximate surface area is 101 Å². The summed E-state index contributed by atoms with van der Waals surface area (Å²) < 4.78 is 29.9. The number of aryl methyl sites for hydroxylation is 1. The van der Waals surface area contributed by atoms with E-state index in [4.69, 9.17) is 4.52 Å². The molecule has 0 bridgehead atoms. The van der Waals surface area contributed by atoms with Crippen LogP contribution in [0.15, 0.2) is 10.6 Å². The predicted octanol–water partition coefficient (Wildman–Crippen LogP) is 0.455. The third-order valence-electron chi connectivity index (χ3n) is 2.94. The van der Waals surface area contributed by atoms with E-state index in [-0.39, 0.29) is 5.75 Å². The van der Waals surface area contributed by atoms with Crippen LogP contribution in [0.4, 0.5) is 5.82 Å². The maximum Gasteiger partial charge on any atom is 0.213 e. The normalized spacial score (nSPS) is 18.6. The molecule has 6 nitrogen and oxygen atoms in total. The van der Waals surface area contributed by atoms with Gasteiger partial charge in [0.2, 0.25) is 10.0 Å². The Balaban J connectivity index is 1.99. The molecule has 7 heteroatoms. The molecule has 96 valence electrons. The highest BCUT2D eigenvalue weighted by molar-refractivity contribution is 7.89. The number of aromatic nitrogens is 1. The van der Waals surface area contributed by atoms with E-state index in [0.29, 0.717) is 26.2 Å². The maximum absolute atomic E-state index is 11.7. The maximum atomic E-state index is 11.7. The van der Waals surface area contributed by atoms with Gasteiger partial charge in [0.25, 0.3) is 0 Å². The molecule has 1 saturated heterocycles. The lowest BCUT2D eigenvalue weighted by Gasteiger charge is -2.33. The Morgan fingerprint density at radius 1 is 1.35 bits per heavy atom. The van der Waals surface area contributed by atoms with E-state index in [1.54, 1.807) is 6.92 Å². The van der Waals surface area contributed by atoms with Gasteiger partial charge in [-0.3, -0.25) is 0 Å². The summed E-state index contributed by atoms with van der Waals surface area (Å²) in [7, 11) is -3.06. The van der Waals surface area contributed by atoms with E-state index in [1.807, 2.05) is 17.9 Å². The van der Waals surface area contributed by atoms with Crippen molar-refractivity contribution in [3.63, 3.8) is 0 Å². The van der Waals surface area contributed by atoms with Crippen LogP contribution < -0.4 is 4.90 Å². The first-order valence-electron chi connectivity index (χ1n) is 5.69. The van der Waals surface area contributed by atoms with Gasteiger partial charge in [0.05, 0.1) is 5.75 Å². The number of nitrogens with zero attached hydrogens (tertiary/aromatic N) is 3. The average Bonchev–Trinajstić information content (AvgIpc) is 2.76. The number of piperazine rings is 1. The van der Waals surface area contributed by atoms with Crippen molar-refractivity contribution in [3.8, 4) is 0 Å². The minimum absolute atomic E-state index is 0.163. The van der Waals surface area contributed by atoms with E-state index in [0.717, 1.165) is 11.6 Å². The lowest BCUT2D eigenvalue weighted by Crippen LogP contribution is -2.49. The second-order valence-corrected chi connectivity index (χ2v) is 6.34. The fourth-order valence-corrected chi connectivity index (χ4v) is 2.97. The van der Waals surface area contributed by atoms with Crippen LogP contribution >= 0.6 is 0 Å². The molecule has 0 N–H and O–H groups in total. The zero-order chi connectivity index (χ0) is 12.5. The number of sulfonamides is 1. The van der Waals surface area contributed by atoms with Crippen LogP contribution in [-0.2, 0) is 10.0 Å². The van der Waals surface area contributed by atoms with Crippen LogP contribution in [0.5, 0.6) is 0 Å². The van der Waals surface area contributed by atoms with Gasteiger partial charge in [-0.15, -0.1) is 0 Å². The van der Waals surface area contributed by atoms with Crippen molar-refractivity contribution in [2.75, 3.05) is 36.8 Å². The fourth-order valence-electron chi connectivity index (χ4n) is 1.88. The topological polar surface area (TPSA) is 66.7 Å². The second-order valence-electron chi connectivity index (χ2n) is 4.08. The van der Waals surface area contributed by atoms with Crippen LogP contribution in [0.1, 0.15) is 12.7 Å². The Morgan fingerprint density at radius 3 is 2.47 bits per heavy atom. The summed E-state index contributed by atoms with van der Waals surface area (Å²) >= 11 is 0. The molecule has 0 radical (unpaired) electrons. The molecule has 1 aromatic heterocycles. The molecule has 0 spiro atoms. The second kappa shape index (κ2) is 4.66. The van der Waals surface area contributed by atoms with Crippen LogP contribution in [0.25, 0.3) is 0 Å². The van der Waals surface area contributed by atoms with Gasteiger partial charge in [-0.1, -0.05) is 5.16 Å². The lowest BCUT2D eigenvalue weighted by molar-refractivity contribution is 0.372. The SMILES string of the molecule is CCS(=O)(=O)N1CCN(c2cc(C)on2)CC1. The highest BCUT2D eigenvalue weighted by Crippen LogP contribution is 2.17. The van der Waals surface area contributed by atoms with E-state index >= 15 is 0 Å². The van der Waals surface area contributed by atoms with Crippen molar-refractivity contribution in [2.45, 2.75) is 13.8 Å². The number of hydrogen-bond acceptors (Lipinski definition) is 5. The van der Waals surface area contributed by atoms with Crippen molar-refractivity contribution in [2.24, 2.45) is 0 Å². The molecule has 0 atom stereocenters. The molecule has 1 aliphatic rings. The molecule has 1 aliphatic heterocycles. The first-order chi connectivity index (χ1) is 8.03. The molecule has 2 rings (SSSR count). The highest BCUT2D eigenvalue weighted by Gasteiger charge is 2.26. The standard InChI is InChI=1S/C10H17N3O3S/c1-3-17(14,15)13-6-4-12(5-7-13)10-8-9(2)16-11-10/h8H,3-7H2,1-2H3. The molecule has 0 aliphatic carbocycles. The molecule has 17 heavy (non-hydrogen) atoms. The van der Waals surface area contributed by atoms with Crippen molar-refractivity contribution in [1.82, 2.24) is 9.46 Å². The van der Waals surface area contributed by atoms with Gasteiger partial charge in [-0.05, 0) is 13.8 Å². The third-order valence-corrected chi connectivity index (χ3v) is 4.82. The summed E-state index contributed by atoms with van der Waals surface area (Å²) in [6, 6.07) is 1.87. The van der Waals surface area contributed by atoms with Gasteiger partial charge in [0.15, 0.2) is 5.82 Å². The molecular formula is C10H17N3O3S. The molecule has 0 saturated carbocycles. The number of anilines is 1. The van der Waals surface area contributed by atoms with Gasteiger partial charge in [-0.25, -0.2) is 8.42 Å². The van der Waals surface area contributed by atoms with Crippen LogP contribution in [-0.4, -0.2) is 49.8 Å². The summed E-state index contributed by atoms with van der Waals surface area (Å²) in [5.41, 5.74) is 0. The molecule has 2 heterocycles. The summed E-state index contributed by atoms with van der Waals surface area (Å²) in [5.74, 6) is 1.72. The predicted molar refractivity (Wildman–Crippen MR) is 64.5 cm³/mol. The Kier molecular flexibility index (Phi) is 3.39. The first-order valence-corrected chi connectivity index (χ1v) is 7.30. The molecule has 0 amide bonds. The average molecular weight is 259 g/mol. The summed E-state index contributed by atoms with van der Waals surface area (Å²) in [6.45, 7) is 5.86. The van der Waals surface area contributed by atoms with E-state index in [9.17, 15) is 8.42 Å². The molecule has 0 unspecified atom stereocenters. The quantitative estimate of drug-likeness (QED) is 0.788. The van der Waals surface area contributed by atoms with Gasteiger partial charge < -0.3 is 9.42 Å². The Morgan fingerprint density at radius 2 is 2.00 bits per heavy atom. The zero-order valence-electron chi connectivity index (χ0n) is 10.1. The van der Waals surface area contributed by atoms with Crippen LogP contribution in [0, 0.1) is 6.92 Å². The monoisotopic (exact) mass is 259 g/mol. The van der Waals surface area contributed by atoms with Crippen molar-refractivity contribution in [3.05, 3.63) is 11.8 Å². The third kappa shape index (κ3) is 2.61. The van der Waals surface area contributed by atoms with E-state index in [2.05, 4.69) is 5.16 Å². The van der Waals surface area contributed by atoms with Gasteiger partial charge in [0, 0.05) is 32.2 Å². The van der Waals surface area contributed by atoms with Crippen molar-refractivity contribution < 1.29 is 12.9 Å². The smallest absolute Gasteiger partial charge is 0.213 e. The van der Waals surface area contributed by atoms with Crippen LogP contribution in [0.3, 0.4) is 0 Å². The lowest BCUT2D eigenvalue weighted by atomic mass is 10.3. The zero-order valence-corrected chi connectivity index (χ0v) is 10.9. The number of hydrogen-bond donors (Lipinski definition) is 0. The Bertz CT molecular complexity index is 475.